The first-order valence-corrected chi connectivity index (χ1v) is 20.0. The predicted octanol–water partition coefficient (Wildman–Crippen LogP) is 6.55. The number of Topliss-reactive ketones (excluding diaryl/α,β-unsaturated/α-hetero) is 1. The number of ketones is 1. The van der Waals surface area contributed by atoms with Gasteiger partial charge in [-0.2, -0.15) is 0 Å². The van der Waals surface area contributed by atoms with Gasteiger partial charge in [0.15, 0.2) is 11.4 Å². The van der Waals surface area contributed by atoms with E-state index in [0.29, 0.717) is 5.75 Å². The maximum atomic E-state index is 15.4. The summed E-state index contributed by atoms with van der Waals surface area (Å²) in [7, 11) is 0. The molecule has 11 heteroatoms. The van der Waals surface area contributed by atoms with Crippen molar-refractivity contribution in [1.82, 2.24) is 0 Å². The second-order valence-corrected chi connectivity index (χ2v) is 18.2. The largest absolute Gasteiger partial charge is 0.489 e. The van der Waals surface area contributed by atoms with E-state index in [-0.39, 0.29) is 48.3 Å². The fourth-order valence-electron chi connectivity index (χ4n) is 10.1. The average Bonchev–Trinajstić information content (AvgIpc) is 3.17. The molecule has 3 aromatic rings. The number of aliphatic hydroxyl groups is 2. The molecular formula is C47H54O11. The normalized spacial score (nSPS) is 33.0. The quantitative estimate of drug-likeness (QED) is 0.138. The first-order valence-electron chi connectivity index (χ1n) is 20.0. The van der Waals surface area contributed by atoms with E-state index in [9.17, 15) is 24.6 Å². The van der Waals surface area contributed by atoms with Crippen LogP contribution in [0, 0.1) is 22.2 Å². The van der Waals surface area contributed by atoms with Gasteiger partial charge in [-0.15, -0.1) is 0 Å². The molecule has 2 saturated carbocycles. The molecule has 308 valence electrons. The van der Waals surface area contributed by atoms with E-state index < -0.39 is 82.2 Å². The predicted molar refractivity (Wildman–Crippen MR) is 213 cm³/mol. The van der Waals surface area contributed by atoms with E-state index in [1.165, 1.54) is 6.92 Å². The van der Waals surface area contributed by atoms with E-state index in [1.54, 1.807) is 81.4 Å². The summed E-state index contributed by atoms with van der Waals surface area (Å²) in [5, 5.41) is 26.0. The molecular weight excluding hydrogens is 741 g/mol. The molecule has 1 heterocycles. The van der Waals surface area contributed by atoms with E-state index in [1.807, 2.05) is 57.2 Å². The average molecular weight is 795 g/mol. The highest BCUT2D eigenvalue weighted by Crippen LogP contribution is 2.64. The number of carbonyl (C=O) groups is 4. The molecule has 11 nitrogen and oxygen atoms in total. The molecule has 0 spiro atoms. The van der Waals surface area contributed by atoms with Crippen molar-refractivity contribution in [2.75, 3.05) is 6.61 Å². The fourth-order valence-corrected chi connectivity index (χ4v) is 10.1. The summed E-state index contributed by atoms with van der Waals surface area (Å²) in [5.41, 5.74) is -6.07. The second-order valence-electron chi connectivity index (χ2n) is 18.2. The van der Waals surface area contributed by atoms with Gasteiger partial charge in [-0.3, -0.25) is 14.4 Å². The molecule has 10 atom stereocenters. The molecule has 3 aliphatic carbocycles. The Hall–Kier alpha value is -4.84. The highest BCUT2D eigenvalue weighted by molar-refractivity contribution is 5.94. The number of aliphatic hydroxyl groups excluding tert-OH is 1. The van der Waals surface area contributed by atoms with Crippen LogP contribution in [0.3, 0.4) is 0 Å². The van der Waals surface area contributed by atoms with Gasteiger partial charge in [0.2, 0.25) is 0 Å². The topological polar surface area (TPSA) is 155 Å². The first kappa shape index (κ1) is 41.3. The minimum Gasteiger partial charge on any atom is -0.489 e. The van der Waals surface area contributed by atoms with E-state index >= 15 is 4.79 Å². The maximum absolute atomic E-state index is 15.4. The third-order valence-electron chi connectivity index (χ3n) is 13.4. The highest BCUT2D eigenvalue weighted by Gasteiger charge is 2.78. The van der Waals surface area contributed by atoms with Gasteiger partial charge >= 0.3 is 17.9 Å². The summed E-state index contributed by atoms with van der Waals surface area (Å²) in [4.78, 5) is 56.8. The zero-order valence-corrected chi connectivity index (χ0v) is 34.2. The van der Waals surface area contributed by atoms with Crippen molar-refractivity contribution in [3.8, 4) is 5.75 Å². The standard InChI is InChI=1S/C47H54O11/c1-28(48)58-46-27-54-36(46)25-35(55-31-21-15-10-16-22-31)45(7)39(46)41(57-42(52)30-19-13-9-14-20-30)47(53)26-32(23-34(44(47,5)6)38(50)40(45)51)56-37(49)24-33(43(2,3)4)29-17-11-8-12-18-29/h8-23,32-33,35-36,38-39,41,50,53H,24-27H2,1-7H3/t32-,33?,35+,36?,38-,39+,41+,45?,46+,47?/m1/s1. The molecule has 4 unspecified atom stereocenters. The smallest absolute Gasteiger partial charge is 0.338 e. The summed E-state index contributed by atoms with van der Waals surface area (Å²) < 4.78 is 31.6. The molecule has 58 heavy (non-hydrogen) atoms. The Morgan fingerprint density at radius 2 is 1.50 bits per heavy atom. The zero-order chi connectivity index (χ0) is 41.8. The highest BCUT2D eigenvalue weighted by atomic mass is 16.6. The second kappa shape index (κ2) is 15.1. The van der Waals surface area contributed by atoms with Crippen LogP contribution in [0.5, 0.6) is 5.75 Å². The molecule has 4 aliphatic rings. The molecule has 7 rings (SSSR count). The van der Waals surface area contributed by atoms with Gasteiger partial charge in [0.25, 0.3) is 0 Å². The lowest BCUT2D eigenvalue weighted by Gasteiger charge is -2.67. The van der Waals surface area contributed by atoms with Crippen molar-refractivity contribution in [2.24, 2.45) is 22.2 Å². The van der Waals surface area contributed by atoms with Crippen LogP contribution in [0.1, 0.15) is 89.6 Å². The van der Waals surface area contributed by atoms with Gasteiger partial charge < -0.3 is 33.9 Å². The summed E-state index contributed by atoms with van der Waals surface area (Å²) in [6.45, 7) is 12.2. The van der Waals surface area contributed by atoms with E-state index in [4.69, 9.17) is 23.7 Å². The Balaban J connectivity index is 1.39. The van der Waals surface area contributed by atoms with Crippen LogP contribution in [0.25, 0.3) is 0 Å². The Kier molecular flexibility index (Phi) is 10.7. The Labute approximate surface area is 339 Å². The third kappa shape index (κ3) is 6.94. The van der Waals surface area contributed by atoms with Crippen LogP contribution >= 0.6 is 0 Å². The lowest BCUT2D eigenvalue weighted by molar-refractivity contribution is -0.343. The zero-order valence-electron chi connectivity index (χ0n) is 34.2. The van der Waals surface area contributed by atoms with Crippen LogP contribution in [0.4, 0.5) is 0 Å². The van der Waals surface area contributed by atoms with Crippen LogP contribution in [0.2, 0.25) is 0 Å². The summed E-state index contributed by atoms with van der Waals surface area (Å²) in [6.07, 6.45) is -5.09. The third-order valence-corrected chi connectivity index (χ3v) is 13.4. The van der Waals surface area contributed by atoms with Gasteiger partial charge in [-0.1, -0.05) is 101 Å². The van der Waals surface area contributed by atoms with Gasteiger partial charge in [0.05, 0.1) is 29.9 Å². The number of carbonyl (C=O) groups excluding carboxylic acids is 4. The lowest BCUT2D eigenvalue weighted by Crippen LogP contribution is -2.82. The molecule has 3 aromatic carbocycles. The van der Waals surface area contributed by atoms with Crippen LogP contribution in [0.15, 0.2) is 103 Å². The minimum atomic E-state index is -2.15. The van der Waals surface area contributed by atoms with Gasteiger partial charge in [-0.25, -0.2) is 4.79 Å². The van der Waals surface area contributed by atoms with Crippen LogP contribution in [-0.4, -0.2) is 82.2 Å². The van der Waals surface area contributed by atoms with Crippen molar-refractivity contribution in [3.05, 3.63) is 114 Å². The Bertz CT molecular complexity index is 2060. The number of hydrogen-bond acceptors (Lipinski definition) is 11. The number of rotatable bonds is 9. The lowest BCUT2D eigenvalue weighted by atomic mass is 9.45. The summed E-state index contributed by atoms with van der Waals surface area (Å²) >= 11 is 0. The minimum absolute atomic E-state index is 0.0106. The van der Waals surface area contributed by atoms with Crippen molar-refractivity contribution in [3.63, 3.8) is 0 Å². The first-order chi connectivity index (χ1) is 27.3. The van der Waals surface area contributed by atoms with Crippen molar-refractivity contribution in [1.29, 1.82) is 0 Å². The van der Waals surface area contributed by atoms with E-state index in [2.05, 4.69) is 0 Å². The van der Waals surface area contributed by atoms with Crippen molar-refractivity contribution >= 4 is 23.7 Å². The molecule has 1 aliphatic heterocycles. The number of fused-ring (bicyclic) bond motifs is 5. The summed E-state index contributed by atoms with van der Waals surface area (Å²) in [5.74, 6) is -3.83. The fraction of sp³-hybridized carbons (Fsp3) is 0.489. The van der Waals surface area contributed by atoms with Crippen molar-refractivity contribution < 1.29 is 53.1 Å². The van der Waals surface area contributed by atoms with Crippen LogP contribution < -0.4 is 4.74 Å². The number of benzene rings is 3. The molecule has 2 N–H and O–H groups in total. The maximum Gasteiger partial charge on any atom is 0.338 e. The molecule has 2 bridgehead atoms. The Morgan fingerprint density at radius 3 is 2.07 bits per heavy atom. The van der Waals surface area contributed by atoms with Gasteiger partial charge in [-0.05, 0) is 59.7 Å². The summed E-state index contributed by atoms with van der Waals surface area (Å²) in [6, 6.07) is 26.8. The van der Waals surface area contributed by atoms with Gasteiger partial charge in [0, 0.05) is 25.2 Å². The number of ether oxygens (including phenoxy) is 5. The molecule has 0 aromatic heterocycles. The molecule has 0 radical (unpaired) electrons. The van der Waals surface area contributed by atoms with E-state index in [0.717, 1.165) is 5.56 Å². The molecule has 3 fully saturated rings. The Morgan fingerprint density at radius 1 is 0.897 bits per heavy atom. The molecule has 1 saturated heterocycles. The monoisotopic (exact) mass is 794 g/mol. The molecule has 0 amide bonds. The SMILES string of the molecule is CC(=O)O[C@@]12COC1C[C@H](Oc1ccccc1)C1(C)C(=O)[C@H](O)C3=C[C@@H](OC(=O)CC(c4ccccc4)C(C)(C)C)CC(O)([C@@H](OC(=O)c4ccccc4)[C@@H]12)C3(C)C. The number of hydrogen-bond donors (Lipinski definition) is 2. The van der Waals surface area contributed by atoms with Crippen LogP contribution in [-0.2, 0) is 33.3 Å². The van der Waals surface area contributed by atoms with Crippen molar-refractivity contribution in [2.45, 2.75) is 115 Å². The number of esters is 3. The number of para-hydroxylation sites is 1. The van der Waals surface area contributed by atoms with Gasteiger partial charge in [0.1, 0.15) is 41.9 Å².